The van der Waals surface area contributed by atoms with Gasteiger partial charge in [0.25, 0.3) is 0 Å². The van der Waals surface area contributed by atoms with E-state index in [-0.39, 0.29) is 18.4 Å². The normalized spacial score (nSPS) is 11.9. The highest BCUT2D eigenvalue weighted by Gasteiger charge is 2.18. The van der Waals surface area contributed by atoms with Crippen molar-refractivity contribution in [3.8, 4) is 0 Å². The number of alkyl halides is 1. The second-order valence-corrected chi connectivity index (χ2v) is 5.50. The molecule has 0 aromatic rings. The number of carbonyl (C=O) groups is 2. The van der Waals surface area contributed by atoms with Crippen molar-refractivity contribution >= 4 is 27.9 Å². The molecule has 0 spiro atoms. The Morgan fingerprint density at radius 1 is 1.00 bits per heavy atom. The Hall–Kier alpha value is -0.580. The van der Waals surface area contributed by atoms with Crippen LogP contribution < -0.4 is 0 Å². The summed E-state index contributed by atoms with van der Waals surface area (Å²) in [5.74, 6) is -0.540. The molecule has 4 nitrogen and oxygen atoms in total. The molecule has 0 rings (SSSR count). The van der Waals surface area contributed by atoms with Gasteiger partial charge in [0.1, 0.15) is 6.10 Å². The first kappa shape index (κ1) is 19.4. The van der Waals surface area contributed by atoms with Crippen LogP contribution in [0.3, 0.4) is 0 Å². The summed E-state index contributed by atoms with van der Waals surface area (Å²) in [6.07, 6.45) is 6.17. The molecule has 0 radical (unpaired) electrons. The third kappa shape index (κ3) is 11.3. The molecule has 0 saturated heterocycles. The van der Waals surface area contributed by atoms with E-state index in [0.29, 0.717) is 18.4 Å². The highest BCUT2D eigenvalue weighted by molar-refractivity contribution is 9.09. The van der Waals surface area contributed by atoms with Gasteiger partial charge < -0.3 is 9.47 Å². The number of hydrogen-bond donors (Lipinski definition) is 0. The summed E-state index contributed by atoms with van der Waals surface area (Å²) in [5, 5.41) is 0.454. The van der Waals surface area contributed by atoms with Crippen molar-refractivity contribution in [2.75, 3.05) is 11.9 Å². The van der Waals surface area contributed by atoms with Crippen LogP contribution in [0.5, 0.6) is 0 Å². The molecular formula is C15H27BrO4. The minimum atomic E-state index is -0.428. The van der Waals surface area contributed by atoms with Gasteiger partial charge in [-0.2, -0.15) is 0 Å². The maximum absolute atomic E-state index is 11.6. The summed E-state index contributed by atoms with van der Waals surface area (Å²) in [4.78, 5) is 23.1. The molecule has 1 unspecified atom stereocenters. The van der Waals surface area contributed by atoms with Gasteiger partial charge >= 0.3 is 11.9 Å². The average Bonchev–Trinajstić information content (AvgIpc) is 2.44. The lowest BCUT2D eigenvalue weighted by Crippen LogP contribution is -2.24. The predicted molar refractivity (Wildman–Crippen MR) is 82.9 cm³/mol. The summed E-state index contributed by atoms with van der Waals surface area (Å²) >= 11 is 3.26. The molecule has 0 aromatic carbocycles. The minimum absolute atomic E-state index is 0.122. The fourth-order valence-electron chi connectivity index (χ4n) is 1.65. The number of ether oxygens (including phenoxy) is 2. The SMILES string of the molecule is CCCCCCOC(=O)CC(CBr)OC(=O)CCCC. The summed E-state index contributed by atoms with van der Waals surface area (Å²) in [5.41, 5.74) is 0. The van der Waals surface area contributed by atoms with E-state index < -0.39 is 6.10 Å². The van der Waals surface area contributed by atoms with E-state index in [1.165, 1.54) is 0 Å². The monoisotopic (exact) mass is 350 g/mol. The predicted octanol–water partition coefficient (Wildman–Crippen LogP) is 4.00. The number of unbranched alkanes of at least 4 members (excludes halogenated alkanes) is 4. The van der Waals surface area contributed by atoms with Gasteiger partial charge in [-0.15, -0.1) is 0 Å². The van der Waals surface area contributed by atoms with E-state index in [4.69, 9.17) is 9.47 Å². The van der Waals surface area contributed by atoms with Crippen molar-refractivity contribution in [2.24, 2.45) is 0 Å². The highest BCUT2D eigenvalue weighted by atomic mass is 79.9. The molecule has 20 heavy (non-hydrogen) atoms. The molecule has 0 fully saturated rings. The fourth-order valence-corrected chi connectivity index (χ4v) is 2.01. The Labute approximate surface area is 130 Å². The largest absolute Gasteiger partial charge is 0.466 e. The van der Waals surface area contributed by atoms with Crippen LogP contribution in [0.15, 0.2) is 0 Å². The van der Waals surface area contributed by atoms with Gasteiger partial charge in [0, 0.05) is 11.8 Å². The molecular weight excluding hydrogens is 324 g/mol. The zero-order valence-corrected chi connectivity index (χ0v) is 14.2. The Balaban J connectivity index is 3.79. The van der Waals surface area contributed by atoms with Crippen molar-refractivity contribution in [1.29, 1.82) is 0 Å². The first-order valence-electron chi connectivity index (χ1n) is 7.55. The van der Waals surface area contributed by atoms with Crippen LogP contribution in [0.4, 0.5) is 0 Å². The summed E-state index contributed by atoms with van der Waals surface area (Å²) in [6, 6.07) is 0. The van der Waals surface area contributed by atoms with Crippen molar-refractivity contribution in [2.45, 2.75) is 71.3 Å². The molecule has 0 aliphatic carbocycles. The quantitative estimate of drug-likeness (QED) is 0.303. The zero-order chi connectivity index (χ0) is 15.2. The molecule has 1 atom stereocenters. The third-order valence-corrected chi connectivity index (χ3v) is 3.58. The topological polar surface area (TPSA) is 52.6 Å². The fraction of sp³-hybridized carbons (Fsp3) is 0.867. The zero-order valence-electron chi connectivity index (χ0n) is 12.7. The Morgan fingerprint density at radius 3 is 2.30 bits per heavy atom. The Morgan fingerprint density at radius 2 is 1.70 bits per heavy atom. The molecule has 0 bridgehead atoms. The summed E-state index contributed by atoms with van der Waals surface area (Å²) in [6.45, 7) is 4.61. The molecule has 0 amide bonds. The first-order valence-corrected chi connectivity index (χ1v) is 8.67. The molecule has 0 N–H and O–H groups in total. The van der Waals surface area contributed by atoms with E-state index >= 15 is 0 Å². The van der Waals surface area contributed by atoms with Crippen LogP contribution in [-0.4, -0.2) is 30.0 Å². The molecule has 5 heteroatoms. The minimum Gasteiger partial charge on any atom is -0.466 e. The third-order valence-electron chi connectivity index (χ3n) is 2.86. The van der Waals surface area contributed by atoms with Crippen molar-refractivity contribution < 1.29 is 19.1 Å². The van der Waals surface area contributed by atoms with Crippen LogP contribution in [0.25, 0.3) is 0 Å². The molecule has 0 aromatic heterocycles. The summed E-state index contributed by atoms with van der Waals surface area (Å²) < 4.78 is 10.4. The van der Waals surface area contributed by atoms with Crippen molar-refractivity contribution in [3.63, 3.8) is 0 Å². The van der Waals surface area contributed by atoms with Gasteiger partial charge in [-0.05, 0) is 12.8 Å². The number of esters is 2. The number of rotatable bonds is 12. The standard InChI is InChI=1S/C15H27BrO4/c1-3-5-7-8-10-19-15(18)11-13(12-16)20-14(17)9-6-4-2/h13H,3-12H2,1-2H3. The van der Waals surface area contributed by atoms with Crippen LogP contribution in [0.2, 0.25) is 0 Å². The van der Waals surface area contributed by atoms with Gasteiger partial charge in [-0.3, -0.25) is 9.59 Å². The van der Waals surface area contributed by atoms with Gasteiger partial charge in [-0.25, -0.2) is 0 Å². The maximum Gasteiger partial charge on any atom is 0.309 e. The average molecular weight is 351 g/mol. The second-order valence-electron chi connectivity index (χ2n) is 4.85. The molecule has 0 aliphatic rings. The van der Waals surface area contributed by atoms with E-state index in [1.807, 2.05) is 6.92 Å². The van der Waals surface area contributed by atoms with E-state index in [2.05, 4.69) is 22.9 Å². The number of halogens is 1. The van der Waals surface area contributed by atoms with Gasteiger partial charge in [-0.1, -0.05) is 55.5 Å². The van der Waals surface area contributed by atoms with Crippen LogP contribution in [0.1, 0.15) is 65.2 Å². The molecule has 118 valence electrons. The van der Waals surface area contributed by atoms with Gasteiger partial charge in [0.15, 0.2) is 0 Å². The maximum atomic E-state index is 11.6. The van der Waals surface area contributed by atoms with Crippen molar-refractivity contribution in [1.82, 2.24) is 0 Å². The molecule has 0 heterocycles. The van der Waals surface area contributed by atoms with E-state index in [9.17, 15) is 9.59 Å². The highest BCUT2D eigenvalue weighted by Crippen LogP contribution is 2.08. The number of carbonyl (C=O) groups excluding carboxylic acids is 2. The first-order chi connectivity index (χ1) is 9.63. The van der Waals surface area contributed by atoms with E-state index in [1.54, 1.807) is 0 Å². The second kappa shape index (κ2) is 13.4. The molecule has 0 aliphatic heterocycles. The van der Waals surface area contributed by atoms with E-state index in [0.717, 1.165) is 38.5 Å². The number of hydrogen-bond acceptors (Lipinski definition) is 4. The Kier molecular flexibility index (Phi) is 13.0. The summed E-state index contributed by atoms with van der Waals surface area (Å²) in [7, 11) is 0. The van der Waals surface area contributed by atoms with Gasteiger partial charge in [0.2, 0.25) is 0 Å². The smallest absolute Gasteiger partial charge is 0.309 e. The van der Waals surface area contributed by atoms with Crippen LogP contribution in [0, 0.1) is 0 Å². The van der Waals surface area contributed by atoms with Gasteiger partial charge in [0.05, 0.1) is 13.0 Å². The lowest BCUT2D eigenvalue weighted by Gasteiger charge is -2.14. The Bertz CT molecular complexity index is 269. The van der Waals surface area contributed by atoms with Crippen LogP contribution >= 0.6 is 15.9 Å². The van der Waals surface area contributed by atoms with Crippen molar-refractivity contribution in [3.05, 3.63) is 0 Å². The molecule has 0 saturated carbocycles. The lowest BCUT2D eigenvalue weighted by atomic mass is 10.2. The van der Waals surface area contributed by atoms with Crippen LogP contribution in [-0.2, 0) is 19.1 Å². The lowest BCUT2D eigenvalue weighted by molar-refractivity contribution is -0.154.